The lowest BCUT2D eigenvalue weighted by atomic mass is 9.64. The number of fused-ring (bicyclic) bond motifs is 3. The van der Waals surface area contributed by atoms with Gasteiger partial charge >= 0.3 is 0 Å². The summed E-state index contributed by atoms with van der Waals surface area (Å²) < 4.78 is 140. The highest BCUT2D eigenvalue weighted by molar-refractivity contribution is 5.99. The number of hydrogen-bond acceptors (Lipinski definition) is 0. The normalized spacial score (nSPS) is 57.4. The number of allylic oxidation sites excluding steroid dienone is 4. The minimum Gasteiger partial charge on any atom is -0.0804 e. The summed E-state index contributed by atoms with van der Waals surface area (Å²) in [5, 5.41) is 0.945. The Bertz CT molecular complexity index is 1490. The van der Waals surface area contributed by atoms with Crippen molar-refractivity contribution in [3.8, 4) is 0 Å². The smallest absolute Gasteiger partial charge is 0.0353 e. The quantitative estimate of drug-likeness (QED) is 0.532. The lowest BCUT2D eigenvalue weighted by molar-refractivity contribution is 0.346. The van der Waals surface area contributed by atoms with Crippen molar-refractivity contribution in [3.63, 3.8) is 0 Å². The van der Waals surface area contributed by atoms with Crippen LogP contribution in [0.2, 0.25) is 0 Å². The van der Waals surface area contributed by atoms with Gasteiger partial charge in [0.05, 0.1) is 0 Å². The monoisotopic (exact) mass is 330 g/mol. The van der Waals surface area contributed by atoms with Gasteiger partial charge in [0.15, 0.2) is 0 Å². The second kappa shape index (κ2) is 5.92. The molecule has 0 radical (unpaired) electrons. The van der Waals surface area contributed by atoms with Crippen molar-refractivity contribution < 1.29 is 21.9 Å². The second-order valence-electron chi connectivity index (χ2n) is 5.78. The van der Waals surface area contributed by atoms with E-state index in [0.29, 0.717) is 10.8 Å². The average Bonchev–Trinajstić information content (AvgIpc) is 2.84. The van der Waals surface area contributed by atoms with Crippen molar-refractivity contribution in [2.75, 3.05) is 0 Å². The van der Waals surface area contributed by atoms with Gasteiger partial charge in [0.1, 0.15) is 0 Å². The lowest BCUT2D eigenvalue weighted by Gasteiger charge is -2.40. The van der Waals surface area contributed by atoms with E-state index in [0.717, 1.165) is 6.08 Å². The van der Waals surface area contributed by atoms with Crippen LogP contribution in [0.4, 0.5) is 0 Å². The van der Waals surface area contributed by atoms with Crippen molar-refractivity contribution in [1.82, 2.24) is 0 Å². The third-order valence-corrected chi connectivity index (χ3v) is 4.41. The first-order valence-electron chi connectivity index (χ1n) is 15.9. The fourth-order valence-electron chi connectivity index (χ4n) is 3.36. The fourth-order valence-corrected chi connectivity index (χ4v) is 3.36. The maximum Gasteiger partial charge on any atom is 0.0353 e. The van der Waals surface area contributed by atoms with Gasteiger partial charge in [0, 0.05) is 21.9 Å². The van der Waals surface area contributed by atoms with Crippen molar-refractivity contribution >= 4 is 16.3 Å². The molecule has 2 atom stereocenters. The fraction of sp³-hybridized carbons (Fsp3) is 0.417. The summed E-state index contributed by atoms with van der Waals surface area (Å²) in [6, 6.07) is 11.3. The molecule has 5 rings (SSSR count). The van der Waals surface area contributed by atoms with Crippen LogP contribution in [0.1, 0.15) is 78.5 Å². The molecule has 3 aliphatic carbocycles. The zero-order valence-electron chi connectivity index (χ0n) is 28.8. The molecule has 0 aliphatic heterocycles. The van der Waals surface area contributed by atoms with Crippen LogP contribution in [0.15, 0.2) is 59.7 Å². The van der Waals surface area contributed by atoms with Crippen LogP contribution in [0.3, 0.4) is 0 Å². The number of hydrogen-bond donors (Lipinski definition) is 0. The van der Waals surface area contributed by atoms with Crippen molar-refractivity contribution in [2.45, 2.75) is 51.0 Å². The van der Waals surface area contributed by atoms with E-state index in [1.807, 2.05) is 0 Å². The molecule has 1 fully saturated rings. The van der Waals surface area contributed by atoms with Crippen LogP contribution in [-0.4, -0.2) is 0 Å². The molecular weight excluding hydrogens is 288 g/mol. The van der Waals surface area contributed by atoms with Crippen LogP contribution < -0.4 is 0 Å². The maximum absolute atomic E-state index is 9.42. The van der Waals surface area contributed by atoms with Gasteiger partial charge in [-0.25, -0.2) is 0 Å². The molecular formula is C24H26. The Kier molecular flexibility index (Phi) is 1.38. The summed E-state index contributed by atoms with van der Waals surface area (Å²) in [4.78, 5) is 0. The van der Waals surface area contributed by atoms with Gasteiger partial charge in [0.25, 0.3) is 0 Å². The van der Waals surface area contributed by atoms with E-state index in [9.17, 15) is 2.74 Å². The SMILES string of the molecule is [2H]C1([2H])CC=C2C(c3cccc4ccccc34)=C3C([2H])([2H])C([2H])([2H])C([2H])([2H])C([2H])([2H])C3([2H])C([2H])([2H])C2([2H])C1([2H])[2H]. The molecule has 0 spiro atoms. The van der Waals surface area contributed by atoms with E-state index < -0.39 is 79.5 Å². The number of rotatable bonds is 1. The third kappa shape index (κ3) is 2.27. The average molecular weight is 331 g/mol. The van der Waals surface area contributed by atoms with E-state index in [2.05, 4.69) is 0 Å². The largest absolute Gasteiger partial charge is 0.0804 e. The standard InChI is InChI=1S/C24H26/c1-4-12-20-17(8-1)11-7-15-23(20)24-21-13-5-2-9-18(21)16-19-10-3-6-14-22(19)24/h1,4,7-8,11-13,15,18-19H,2-3,5-6,9-10,14,16H2/i2D2,3D2,6D2,9D2,10D2,14D2,16D2,18D,19D. The van der Waals surface area contributed by atoms with Crippen molar-refractivity contribution in [1.29, 1.82) is 0 Å². The molecule has 1 saturated carbocycles. The topological polar surface area (TPSA) is 0 Å². The summed E-state index contributed by atoms with van der Waals surface area (Å²) >= 11 is 0. The molecule has 0 heteroatoms. The molecule has 0 N–H and O–H groups in total. The molecule has 122 valence electrons. The maximum atomic E-state index is 9.42. The first kappa shape index (κ1) is 5.59. The number of benzene rings is 2. The molecule has 2 aromatic carbocycles. The molecule has 0 nitrogen and oxygen atoms in total. The molecule has 24 heavy (non-hydrogen) atoms. The Morgan fingerprint density at radius 3 is 2.79 bits per heavy atom. The van der Waals surface area contributed by atoms with Crippen LogP contribution in [0.5, 0.6) is 0 Å². The van der Waals surface area contributed by atoms with Gasteiger partial charge in [0.2, 0.25) is 0 Å². The van der Waals surface area contributed by atoms with Crippen LogP contribution in [0.25, 0.3) is 16.3 Å². The van der Waals surface area contributed by atoms with Crippen LogP contribution in [0, 0.1) is 11.8 Å². The zero-order valence-corrected chi connectivity index (χ0v) is 12.8. The molecule has 3 aliphatic rings. The van der Waals surface area contributed by atoms with E-state index >= 15 is 0 Å². The Labute approximate surface area is 167 Å². The Morgan fingerprint density at radius 2 is 1.79 bits per heavy atom. The summed E-state index contributed by atoms with van der Waals surface area (Å²) in [5.74, 6) is -7.12. The highest BCUT2D eigenvalue weighted by Gasteiger charge is 2.35. The zero-order chi connectivity index (χ0) is 30.3. The lowest BCUT2D eigenvalue weighted by Crippen LogP contribution is -2.25. The van der Waals surface area contributed by atoms with Crippen LogP contribution in [-0.2, 0) is 0 Å². The van der Waals surface area contributed by atoms with E-state index in [1.54, 1.807) is 30.3 Å². The van der Waals surface area contributed by atoms with Crippen molar-refractivity contribution in [3.05, 3.63) is 65.3 Å². The van der Waals surface area contributed by atoms with Crippen LogP contribution >= 0.6 is 0 Å². The summed E-state index contributed by atoms with van der Waals surface area (Å²) in [6.45, 7) is 0. The van der Waals surface area contributed by atoms with E-state index in [4.69, 9.17) is 19.2 Å². The van der Waals surface area contributed by atoms with Gasteiger partial charge < -0.3 is 0 Å². The van der Waals surface area contributed by atoms with Gasteiger partial charge in [-0.15, -0.1) is 0 Å². The molecule has 0 heterocycles. The summed E-state index contributed by atoms with van der Waals surface area (Å²) in [5.41, 5.74) is -2.06. The minimum atomic E-state index is -3.87. The highest BCUT2D eigenvalue weighted by atomic mass is 14.4. The van der Waals surface area contributed by atoms with Gasteiger partial charge in [-0.3, -0.25) is 0 Å². The van der Waals surface area contributed by atoms with Gasteiger partial charge in [-0.1, -0.05) is 60.5 Å². The Morgan fingerprint density at radius 1 is 0.917 bits per heavy atom. The molecule has 2 aromatic rings. The second-order valence-corrected chi connectivity index (χ2v) is 5.78. The molecule has 0 aromatic heterocycles. The summed E-state index contributed by atoms with van der Waals surface area (Å²) in [6.07, 6.45) is -24.6. The predicted octanol–water partition coefficient (Wildman–Crippen LogP) is 6.91. The molecule has 0 bridgehead atoms. The third-order valence-electron chi connectivity index (χ3n) is 4.41. The summed E-state index contributed by atoms with van der Waals surface area (Å²) in [7, 11) is 0. The molecule has 2 unspecified atom stereocenters. The van der Waals surface area contributed by atoms with E-state index in [1.165, 1.54) is 12.1 Å². The highest BCUT2D eigenvalue weighted by Crippen LogP contribution is 2.52. The Hall–Kier alpha value is -1.82. The minimum absolute atomic E-state index is 0.0410. The van der Waals surface area contributed by atoms with E-state index in [-0.39, 0.29) is 5.56 Å². The van der Waals surface area contributed by atoms with Gasteiger partial charge in [-0.2, -0.15) is 0 Å². The molecule has 0 amide bonds. The first-order valence-corrected chi connectivity index (χ1v) is 7.87. The predicted molar refractivity (Wildman–Crippen MR) is 103 cm³/mol. The van der Waals surface area contributed by atoms with Gasteiger partial charge in [-0.05, 0) is 83.9 Å². The first-order chi connectivity index (χ1) is 17.9. The Balaban J connectivity index is 2.13. The molecule has 0 saturated heterocycles. The van der Waals surface area contributed by atoms with Crippen molar-refractivity contribution in [2.24, 2.45) is 11.8 Å².